The van der Waals surface area contributed by atoms with Gasteiger partial charge in [0.15, 0.2) is 5.69 Å². The number of H-pyrrole nitrogens is 1. The second-order valence-corrected chi connectivity index (χ2v) is 4.43. The molecule has 0 saturated heterocycles. The third-order valence-electron chi connectivity index (χ3n) is 2.99. The molecule has 20 heavy (non-hydrogen) atoms. The molecule has 5 heteroatoms. The smallest absolute Gasteiger partial charge is 0.273 e. The molecular weight excluding hydrogens is 254 g/mol. The molecule has 1 unspecified atom stereocenters. The average Bonchev–Trinajstić information content (AvgIpc) is 2.47. The van der Waals surface area contributed by atoms with Crippen LogP contribution in [0.2, 0.25) is 0 Å². The van der Waals surface area contributed by atoms with E-state index in [1.54, 1.807) is 24.3 Å². The first-order valence-electron chi connectivity index (χ1n) is 6.41. The Morgan fingerprint density at radius 1 is 1.45 bits per heavy atom. The van der Waals surface area contributed by atoms with E-state index in [0.717, 1.165) is 6.42 Å². The highest BCUT2D eigenvalue weighted by molar-refractivity contribution is 6.04. The predicted octanol–water partition coefficient (Wildman–Crippen LogP) is 1.45. The Morgan fingerprint density at radius 2 is 2.15 bits per heavy atom. The summed E-state index contributed by atoms with van der Waals surface area (Å²) in [4.78, 5) is 23.9. The van der Waals surface area contributed by atoms with E-state index in [1.807, 2.05) is 6.92 Å². The van der Waals surface area contributed by atoms with Crippen molar-refractivity contribution < 1.29 is 4.79 Å². The summed E-state index contributed by atoms with van der Waals surface area (Å²) < 4.78 is 0. The van der Waals surface area contributed by atoms with Gasteiger partial charge in [-0.15, -0.1) is 6.42 Å². The number of terminal acetylenes is 1. The van der Waals surface area contributed by atoms with E-state index in [9.17, 15) is 9.59 Å². The Labute approximate surface area is 116 Å². The third-order valence-corrected chi connectivity index (χ3v) is 2.99. The molecule has 0 bridgehead atoms. The first-order valence-corrected chi connectivity index (χ1v) is 6.41. The van der Waals surface area contributed by atoms with Crippen molar-refractivity contribution in [1.82, 2.24) is 15.5 Å². The molecule has 1 aromatic heterocycles. The Hall–Kier alpha value is -2.61. The number of benzene rings is 1. The SMILES string of the molecule is C#CC(CCC)NC(=O)c1n[nH]c(=O)c2ccccc12. The van der Waals surface area contributed by atoms with E-state index in [1.165, 1.54) is 0 Å². The van der Waals surface area contributed by atoms with E-state index in [-0.39, 0.29) is 23.2 Å². The lowest BCUT2D eigenvalue weighted by molar-refractivity contribution is 0.0940. The molecule has 0 aliphatic heterocycles. The summed E-state index contributed by atoms with van der Waals surface area (Å²) in [6, 6.07) is 6.50. The van der Waals surface area contributed by atoms with E-state index < -0.39 is 0 Å². The van der Waals surface area contributed by atoms with Crippen molar-refractivity contribution >= 4 is 16.7 Å². The van der Waals surface area contributed by atoms with Gasteiger partial charge < -0.3 is 5.32 Å². The number of carbonyl (C=O) groups is 1. The predicted molar refractivity (Wildman–Crippen MR) is 77.4 cm³/mol. The van der Waals surface area contributed by atoms with Gasteiger partial charge >= 0.3 is 0 Å². The van der Waals surface area contributed by atoms with Gasteiger partial charge in [-0.05, 0) is 12.5 Å². The number of hydrogen-bond donors (Lipinski definition) is 2. The normalized spacial score (nSPS) is 11.8. The first-order chi connectivity index (χ1) is 9.67. The minimum atomic E-state index is -0.381. The van der Waals surface area contributed by atoms with Gasteiger partial charge in [0.25, 0.3) is 11.5 Å². The lowest BCUT2D eigenvalue weighted by Crippen LogP contribution is -2.35. The van der Waals surface area contributed by atoms with Crippen LogP contribution in [0.3, 0.4) is 0 Å². The minimum Gasteiger partial charge on any atom is -0.337 e. The number of carbonyl (C=O) groups excluding carboxylic acids is 1. The zero-order valence-electron chi connectivity index (χ0n) is 11.1. The molecule has 0 fully saturated rings. The Balaban J connectivity index is 2.39. The molecule has 5 nitrogen and oxygen atoms in total. The van der Waals surface area contributed by atoms with Crippen molar-refractivity contribution in [2.45, 2.75) is 25.8 Å². The van der Waals surface area contributed by atoms with Crippen molar-refractivity contribution in [2.24, 2.45) is 0 Å². The number of fused-ring (bicyclic) bond motifs is 1. The zero-order valence-corrected chi connectivity index (χ0v) is 11.1. The second-order valence-electron chi connectivity index (χ2n) is 4.43. The van der Waals surface area contributed by atoms with Crippen LogP contribution in [0.4, 0.5) is 0 Å². The molecule has 102 valence electrons. The number of nitrogens with one attached hydrogen (secondary N) is 2. The summed E-state index contributed by atoms with van der Waals surface area (Å²) in [6.45, 7) is 1.99. The molecule has 2 N–H and O–H groups in total. The monoisotopic (exact) mass is 269 g/mol. The fourth-order valence-electron chi connectivity index (χ4n) is 2.00. The lowest BCUT2D eigenvalue weighted by Gasteiger charge is -2.12. The number of nitrogens with zero attached hydrogens (tertiary/aromatic N) is 1. The van der Waals surface area contributed by atoms with Crippen LogP contribution in [0.25, 0.3) is 10.8 Å². The molecule has 1 heterocycles. The molecule has 0 saturated carbocycles. The zero-order chi connectivity index (χ0) is 14.5. The van der Waals surface area contributed by atoms with Crippen LogP contribution in [0, 0.1) is 12.3 Å². The lowest BCUT2D eigenvalue weighted by atomic mass is 10.1. The highest BCUT2D eigenvalue weighted by atomic mass is 16.2. The first kappa shape index (κ1) is 13.8. The van der Waals surface area contributed by atoms with Gasteiger partial charge in [0.2, 0.25) is 0 Å². The van der Waals surface area contributed by atoms with Crippen molar-refractivity contribution in [1.29, 1.82) is 0 Å². The largest absolute Gasteiger partial charge is 0.337 e. The van der Waals surface area contributed by atoms with Crippen molar-refractivity contribution in [2.75, 3.05) is 0 Å². The van der Waals surface area contributed by atoms with Crippen LogP contribution in [-0.4, -0.2) is 22.1 Å². The molecule has 0 aliphatic carbocycles. The second kappa shape index (κ2) is 6.02. The highest BCUT2D eigenvalue weighted by Crippen LogP contribution is 2.12. The number of rotatable bonds is 4. The maximum atomic E-state index is 12.2. The standard InChI is InChI=1S/C15H15N3O2/c1-3-7-10(4-2)16-15(20)13-11-8-5-6-9-12(11)14(19)18-17-13/h2,5-6,8-10H,3,7H2,1H3,(H,16,20)(H,18,19). The van der Waals surface area contributed by atoms with Crippen molar-refractivity contribution in [3.05, 3.63) is 40.3 Å². The van der Waals surface area contributed by atoms with Crippen LogP contribution in [0.15, 0.2) is 29.1 Å². The number of aromatic nitrogens is 2. The number of amides is 1. The van der Waals surface area contributed by atoms with Crippen LogP contribution < -0.4 is 10.9 Å². The van der Waals surface area contributed by atoms with Gasteiger partial charge in [0.1, 0.15) is 0 Å². The maximum absolute atomic E-state index is 12.2. The fraction of sp³-hybridized carbons (Fsp3) is 0.267. The van der Waals surface area contributed by atoms with Gasteiger partial charge in [0.05, 0.1) is 11.4 Å². The summed E-state index contributed by atoms with van der Waals surface area (Å²) >= 11 is 0. The van der Waals surface area contributed by atoms with Crippen molar-refractivity contribution in [3.63, 3.8) is 0 Å². The van der Waals surface area contributed by atoms with E-state index in [2.05, 4.69) is 21.4 Å². The quantitative estimate of drug-likeness (QED) is 0.825. The van der Waals surface area contributed by atoms with Crippen LogP contribution >= 0.6 is 0 Å². The third kappa shape index (κ3) is 2.69. The molecule has 0 radical (unpaired) electrons. The van der Waals surface area contributed by atoms with Crippen LogP contribution in [0.5, 0.6) is 0 Å². The van der Waals surface area contributed by atoms with Gasteiger partial charge in [-0.1, -0.05) is 37.5 Å². The fourth-order valence-corrected chi connectivity index (χ4v) is 2.00. The maximum Gasteiger partial charge on any atom is 0.273 e. The Morgan fingerprint density at radius 3 is 2.80 bits per heavy atom. The molecular formula is C15H15N3O2. The van der Waals surface area contributed by atoms with Crippen LogP contribution in [0.1, 0.15) is 30.3 Å². The minimum absolute atomic E-state index is 0.177. The topological polar surface area (TPSA) is 74.8 Å². The van der Waals surface area contributed by atoms with Crippen molar-refractivity contribution in [3.8, 4) is 12.3 Å². The average molecular weight is 269 g/mol. The molecule has 0 aliphatic rings. The van der Waals surface area contributed by atoms with Crippen LogP contribution in [-0.2, 0) is 0 Å². The molecule has 1 amide bonds. The Bertz CT molecular complexity index is 728. The van der Waals surface area contributed by atoms with E-state index in [0.29, 0.717) is 17.2 Å². The van der Waals surface area contributed by atoms with E-state index >= 15 is 0 Å². The molecule has 1 atom stereocenters. The molecule has 1 aromatic carbocycles. The summed E-state index contributed by atoms with van der Waals surface area (Å²) in [6.07, 6.45) is 6.95. The summed E-state index contributed by atoms with van der Waals surface area (Å²) in [5.74, 6) is 2.15. The van der Waals surface area contributed by atoms with Gasteiger partial charge in [-0.3, -0.25) is 9.59 Å². The summed E-state index contributed by atoms with van der Waals surface area (Å²) in [5, 5.41) is 9.85. The molecule has 0 spiro atoms. The number of hydrogen-bond acceptors (Lipinski definition) is 3. The Kier molecular flexibility index (Phi) is 4.16. The highest BCUT2D eigenvalue weighted by Gasteiger charge is 2.16. The summed E-state index contributed by atoms with van der Waals surface area (Å²) in [5.41, 5.74) is -0.143. The molecule has 2 rings (SSSR count). The van der Waals surface area contributed by atoms with E-state index in [4.69, 9.17) is 6.42 Å². The summed E-state index contributed by atoms with van der Waals surface area (Å²) in [7, 11) is 0. The van der Waals surface area contributed by atoms with Gasteiger partial charge in [-0.2, -0.15) is 5.10 Å². The van der Waals surface area contributed by atoms with Gasteiger partial charge in [-0.25, -0.2) is 5.10 Å². The van der Waals surface area contributed by atoms with Gasteiger partial charge in [0, 0.05) is 5.39 Å². The number of aromatic amines is 1. The molecule has 2 aromatic rings.